The van der Waals surface area contributed by atoms with Crippen LogP contribution in [0.1, 0.15) is 25.7 Å². The summed E-state index contributed by atoms with van der Waals surface area (Å²) in [5.74, 6) is 0.564. The molecular weight excluding hydrogens is 426 g/mol. The van der Waals surface area contributed by atoms with Crippen molar-refractivity contribution in [3.8, 4) is 11.3 Å². The quantitative estimate of drug-likeness (QED) is 0.483. The summed E-state index contributed by atoms with van der Waals surface area (Å²) in [6, 6.07) is 8.49. The number of hydrogen-bond acceptors (Lipinski definition) is 5. The lowest BCUT2D eigenvalue weighted by Gasteiger charge is -2.33. The zero-order chi connectivity index (χ0) is 21.9. The van der Waals surface area contributed by atoms with Crippen LogP contribution < -0.4 is 16.0 Å². The van der Waals surface area contributed by atoms with Crippen LogP contribution in [0, 0.1) is 0 Å². The minimum Gasteiger partial charge on any atom is -0.360 e. The van der Waals surface area contributed by atoms with Crippen LogP contribution >= 0.6 is 11.6 Å². The van der Waals surface area contributed by atoms with Crippen LogP contribution in [0.5, 0.6) is 0 Å². The minimum absolute atomic E-state index is 0.0431. The third-order valence-electron chi connectivity index (χ3n) is 6.33. The van der Waals surface area contributed by atoms with E-state index < -0.39 is 0 Å². The number of hydrogen-bond donors (Lipinski definition) is 4. The van der Waals surface area contributed by atoms with Gasteiger partial charge in [0.05, 0.1) is 16.9 Å². The zero-order valence-corrected chi connectivity index (χ0v) is 18.7. The van der Waals surface area contributed by atoms with E-state index in [2.05, 4.69) is 32.0 Å². The highest BCUT2D eigenvalue weighted by Crippen LogP contribution is 2.32. The molecule has 1 saturated heterocycles. The van der Waals surface area contributed by atoms with Crippen LogP contribution in [0.25, 0.3) is 22.2 Å². The first-order valence-electron chi connectivity index (χ1n) is 11.3. The van der Waals surface area contributed by atoms with Gasteiger partial charge in [0, 0.05) is 60.9 Å². The van der Waals surface area contributed by atoms with E-state index in [0.717, 1.165) is 68.3 Å². The third-order valence-corrected chi connectivity index (χ3v) is 6.60. The van der Waals surface area contributed by atoms with Crippen molar-refractivity contribution in [2.45, 2.75) is 37.8 Å². The number of halogens is 1. The van der Waals surface area contributed by atoms with Gasteiger partial charge in [0.25, 0.3) is 0 Å². The van der Waals surface area contributed by atoms with Crippen LogP contribution in [-0.2, 0) is 0 Å². The Bertz CT molecular complexity index is 1090. The van der Waals surface area contributed by atoms with Crippen molar-refractivity contribution in [2.75, 3.05) is 31.5 Å². The molecule has 8 nitrogen and oxygen atoms in total. The number of anilines is 1. The number of nitrogens with zero attached hydrogens (tertiary/aromatic N) is 3. The van der Waals surface area contributed by atoms with Gasteiger partial charge >= 0.3 is 6.03 Å². The molecule has 168 valence electrons. The van der Waals surface area contributed by atoms with Crippen LogP contribution in [0.4, 0.5) is 10.7 Å². The number of H-pyrrole nitrogens is 1. The van der Waals surface area contributed by atoms with E-state index >= 15 is 0 Å². The van der Waals surface area contributed by atoms with Crippen molar-refractivity contribution in [3.05, 3.63) is 41.7 Å². The number of amides is 2. The van der Waals surface area contributed by atoms with Crippen molar-refractivity contribution in [1.82, 2.24) is 30.5 Å². The topological polar surface area (TPSA) is 98.0 Å². The Morgan fingerprint density at radius 1 is 1.16 bits per heavy atom. The molecule has 3 aromatic rings. The van der Waals surface area contributed by atoms with Crippen molar-refractivity contribution < 1.29 is 4.79 Å². The Morgan fingerprint density at radius 2 is 1.97 bits per heavy atom. The molecule has 1 aliphatic carbocycles. The Balaban J connectivity index is 1.27. The Morgan fingerprint density at radius 3 is 2.84 bits per heavy atom. The first kappa shape index (κ1) is 21.0. The molecule has 9 heteroatoms. The monoisotopic (exact) mass is 453 g/mol. The summed E-state index contributed by atoms with van der Waals surface area (Å²) in [6.45, 7) is 3.23. The van der Waals surface area contributed by atoms with Gasteiger partial charge in [0.15, 0.2) is 0 Å². The first-order valence-corrected chi connectivity index (χ1v) is 11.7. The molecule has 2 atom stereocenters. The number of nitrogens with one attached hydrogen (secondary N) is 4. The van der Waals surface area contributed by atoms with Crippen molar-refractivity contribution in [2.24, 2.45) is 0 Å². The number of aromatic amines is 1. The fraction of sp³-hybridized carbons (Fsp3) is 0.435. The molecule has 2 amide bonds. The lowest BCUT2D eigenvalue weighted by atomic mass is 9.91. The maximum Gasteiger partial charge on any atom is 0.317 e. The molecule has 2 aliphatic rings. The van der Waals surface area contributed by atoms with Gasteiger partial charge in [-0.2, -0.15) is 0 Å². The molecule has 1 aliphatic heterocycles. The molecule has 32 heavy (non-hydrogen) atoms. The SMILES string of the molecule is O=C(N[C@H]1CCC[C@@H](Nc2ncc(Cl)c(-c3c[nH]c4ccccc34)n2)C1)N1CCNCC1. The lowest BCUT2D eigenvalue weighted by molar-refractivity contribution is 0.182. The van der Waals surface area contributed by atoms with Crippen molar-refractivity contribution in [1.29, 1.82) is 0 Å². The molecule has 0 bridgehead atoms. The van der Waals surface area contributed by atoms with Crippen LogP contribution in [0.3, 0.4) is 0 Å². The van der Waals surface area contributed by atoms with Gasteiger partial charge in [-0.15, -0.1) is 0 Å². The molecule has 2 fully saturated rings. The zero-order valence-electron chi connectivity index (χ0n) is 17.9. The molecule has 1 saturated carbocycles. The van der Waals surface area contributed by atoms with Gasteiger partial charge in [-0.25, -0.2) is 14.8 Å². The van der Waals surface area contributed by atoms with E-state index in [-0.39, 0.29) is 18.1 Å². The molecular formula is C23H28ClN7O. The summed E-state index contributed by atoms with van der Waals surface area (Å²) in [5, 5.41) is 11.6. The number of para-hydroxylation sites is 1. The summed E-state index contributed by atoms with van der Waals surface area (Å²) >= 11 is 6.46. The second-order valence-corrected chi connectivity index (χ2v) is 8.94. The molecule has 5 rings (SSSR count). The number of piperazine rings is 1. The Hall–Kier alpha value is -2.84. The van der Waals surface area contributed by atoms with Crippen molar-refractivity contribution >= 4 is 34.5 Å². The summed E-state index contributed by atoms with van der Waals surface area (Å²) < 4.78 is 0. The smallest absolute Gasteiger partial charge is 0.317 e. The predicted molar refractivity (Wildman–Crippen MR) is 127 cm³/mol. The van der Waals surface area contributed by atoms with Gasteiger partial charge in [0.2, 0.25) is 5.95 Å². The van der Waals surface area contributed by atoms with Crippen LogP contribution in [0.2, 0.25) is 5.02 Å². The highest BCUT2D eigenvalue weighted by atomic mass is 35.5. The summed E-state index contributed by atoms with van der Waals surface area (Å²) in [7, 11) is 0. The summed E-state index contributed by atoms with van der Waals surface area (Å²) in [4.78, 5) is 26.9. The number of aromatic nitrogens is 3. The summed E-state index contributed by atoms with van der Waals surface area (Å²) in [6.07, 6.45) is 7.51. The number of rotatable bonds is 4. The summed E-state index contributed by atoms with van der Waals surface area (Å²) in [5.41, 5.74) is 2.71. The van der Waals surface area contributed by atoms with E-state index in [0.29, 0.717) is 16.7 Å². The lowest BCUT2D eigenvalue weighted by Crippen LogP contribution is -2.53. The van der Waals surface area contributed by atoms with Gasteiger partial charge < -0.3 is 25.8 Å². The Kier molecular flexibility index (Phi) is 6.14. The van der Waals surface area contributed by atoms with Gasteiger partial charge in [-0.1, -0.05) is 29.8 Å². The van der Waals surface area contributed by atoms with E-state index in [1.54, 1.807) is 6.20 Å². The molecule has 4 N–H and O–H groups in total. The number of carbonyl (C=O) groups is 1. The standard InChI is InChI=1S/C23H28ClN7O/c24-19-14-27-22(30-21(19)18-13-26-20-7-2-1-6-17(18)20)28-15-4-3-5-16(12-15)29-23(32)31-10-8-25-9-11-31/h1-2,6-7,13-16,25-26H,3-5,8-12H2,(H,29,32)(H,27,28,30)/t15-,16+/m1/s1. The number of benzene rings is 1. The van der Waals surface area contributed by atoms with E-state index in [1.807, 2.05) is 29.3 Å². The normalized spacial score (nSPS) is 21.5. The largest absolute Gasteiger partial charge is 0.360 e. The van der Waals surface area contributed by atoms with Crippen molar-refractivity contribution in [3.63, 3.8) is 0 Å². The van der Waals surface area contributed by atoms with Gasteiger partial charge in [0.1, 0.15) is 0 Å². The minimum atomic E-state index is 0.0431. The average Bonchev–Trinajstić information content (AvgIpc) is 3.25. The first-order chi connectivity index (χ1) is 15.7. The molecule has 3 heterocycles. The molecule has 0 radical (unpaired) electrons. The number of carbonyl (C=O) groups excluding carboxylic acids is 1. The van der Waals surface area contributed by atoms with Gasteiger partial charge in [-0.05, 0) is 31.7 Å². The fourth-order valence-corrected chi connectivity index (χ4v) is 4.85. The predicted octanol–water partition coefficient (Wildman–Crippen LogP) is 3.62. The molecule has 1 aromatic carbocycles. The van der Waals surface area contributed by atoms with Gasteiger partial charge in [-0.3, -0.25) is 0 Å². The fourth-order valence-electron chi connectivity index (χ4n) is 4.66. The second kappa shape index (κ2) is 9.34. The number of urea groups is 1. The molecule has 0 unspecified atom stereocenters. The number of fused-ring (bicyclic) bond motifs is 1. The average molecular weight is 454 g/mol. The Labute approximate surface area is 192 Å². The highest BCUT2D eigenvalue weighted by molar-refractivity contribution is 6.33. The molecule has 2 aromatic heterocycles. The van der Waals surface area contributed by atoms with Crippen LogP contribution in [0.15, 0.2) is 36.7 Å². The second-order valence-electron chi connectivity index (χ2n) is 8.53. The maximum absolute atomic E-state index is 12.6. The maximum atomic E-state index is 12.6. The van der Waals surface area contributed by atoms with E-state index in [4.69, 9.17) is 16.6 Å². The van der Waals surface area contributed by atoms with E-state index in [1.165, 1.54) is 0 Å². The molecule has 0 spiro atoms. The van der Waals surface area contributed by atoms with E-state index in [9.17, 15) is 4.79 Å². The van der Waals surface area contributed by atoms with Crippen LogP contribution in [-0.4, -0.2) is 64.1 Å². The highest BCUT2D eigenvalue weighted by Gasteiger charge is 2.26. The third kappa shape index (κ3) is 4.52.